The van der Waals surface area contributed by atoms with Crippen LogP contribution >= 0.6 is 0 Å². The second kappa shape index (κ2) is 2.96. The molecule has 82 valence electrons. The fourth-order valence-corrected chi connectivity index (χ4v) is 3.56. The summed E-state index contributed by atoms with van der Waals surface area (Å²) in [5.41, 5.74) is 0.399. The largest absolute Gasteiger partial charge is 0.378 e. The predicted octanol–water partition coefficient (Wildman–Crippen LogP) is 2.47. The van der Waals surface area contributed by atoms with Gasteiger partial charge in [0.2, 0.25) is 0 Å². The van der Waals surface area contributed by atoms with Gasteiger partial charge in [-0.2, -0.15) is 0 Å². The molecule has 0 aromatic carbocycles. The molecule has 2 nitrogen and oxygen atoms in total. The van der Waals surface area contributed by atoms with Crippen molar-refractivity contribution in [3.05, 3.63) is 0 Å². The summed E-state index contributed by atoms with van der Waals surface area (Å²) in [5.74, 6) is 1.50. The van der Waals surface area contributed by atoms with Crippen LogP contribution in [0.3, 0.4) is 0 Å². The van der Waals surface area contributed by atoms with Crippen LogP contribution in [0.2, 0.25) is 0 Å². The van der Waals surface area contributed by atoms with E-state index in [-0.39, 0.29) is 11.7 Å². The van der Waals surface area contributed by atoms with E-state index in [0.717, 1.165) is 12.3 Å². The number of methoxy groups -OCH3 is 2. The molecule has 3 aliphatic rings. The van der Waals surface area contributed by atoms with Crippen molar-refractivity contribution in [2.45, 2.75) is 45.3 Å². The van der Waals surface area contributed by atoms with Gasteiger partial charge in [0.15, 0.2) is 0 Å². The number of hydrogen-bond acceptors (Lipinski definition) is 2. The minimum Gasteiger partial charge on any atom is -0.378 e. The summed E-state index contributed by atoms with van der Waals surface area (Å²) in [4.78, 5) is 0. The molecule has 0 heterocycles. The van der Waals surface area contributed by atoms with Crippen LogP contribution < -0.4 is 0 Å². The van der Waals surface area contributed by atoms with E-state index >= 15 is 0 Å². The third kappa shape index (κ3) is 1.10. The van der Waals surface area contributed by atoms with Gasteiger partial charge in [-0.15, -0.1) is 0 Å². The monoisotopic (exact) mass is 198 g/mol. The maximum Gasteiger partial charge on any atom is 0.0916 e. The lowest BCUT2D eigenvalue weighted by atomic mass is 9.44. The summed E-state index contributed by atoms with van der Waals surface area (Å²) in [6.07, 6.45) is 2.74. The third-order valence-corrected chi connectivity index (χ3v) is 4.89. The molecule has 0 radical (unpaired) electrons. The Morgan fingerprint density at radius 1 is 1.14 bits per heavy atom. The standard InChI is InChI=1S/C12H22O2/c1-11(2)8-6-9(11)10(13-4)12(3,7-8)14-5/h8-10H,6-7H2,1-5H3/t8-,9+,10+,12-/m0/s1. The summed E-state index contributed by atoms with van der Waals surface area (Å²) >= 11 is 0. The lowest BCUT2D eigenvalue weighted by Crippen LogP contribution is -2.66. The molecular formula is C12H22O2. The molecule has 2 heteroatoms. The molecule has 3 fully saturated rings. The van der Waals surface area contributed by atoms with Crippen LogP contribution in [0.15, 0.2) is 0 Å². The second-order valence-electron chi connectivity index (χ2n) is 5.74. The van der Waals surface area contributed by atoms with Crippen molar-refractivity contribution in [1.82, 2.24) is 0 Å². The summed E-state index contributed by atoms with van der Waals surface area (Å²) in [6, 6.07) is 0. The Morgan fingerprint density at radius 2 is 1.79 bits per heavy atom. The van der Waals surface area contributed by atoms with E-state index in [1.807, 2.05) is 14.2 Å². The Bertz CT molecular complexity index is 236. The Morgan fingerprint density at radius 3 is 2.21 bits per heavy atom. The smallest absolute Gasteiger partial charge is 0.0916 e. The minimum atomic E-state index is -0.0577. The average molecular weight is 198 g/mol. The van der Waals surface area contributed by atoms with E-state index in [4.69, 9.17) is 9.47 Å². The molecule has 0 unspecified atom stereocenters. The van der Waals surface area contributed by atoms with Gasteiger partial charge in [-0.1, -0.05) is 13.8 Å². The fourth-order valence-electron chi connectivity index (χ4n) is 3.56. The highest BCUT2D eigenvalue weighted by Crippen LogP contribution is 2.62. The van der Waals surface area contributed by atoms with Crippen molar-refractivity contribution in [1.29, 1.82) is 0 Å². The van der Waals surface area contributed by atoms with Gasteiger partial charge < -0.3 is 9.47 Å². The number of rotatable bonds is 2. The molecule has 14 heavy (non-hydrogen) atoms. The Balaban J connectivity index is 2.23. The zero-order valence-electron chi connectivity index (χ0n) is 9.96. The van der Waals surface area contributed by atoms with Crippen molar-refractivity contribution in [2.75, 3.05) is 14.2 Å². The van der Waals surface area contributed by atoms with Crippen LogP contribution in [0.25, 0.3) is 0 Å². The molecule has 0 N–H and O–H groups in total. The predicted molar refractivity (Wildman–Crippen MR) is 56.2 cm³/mol. The topological polar surface area (TPSA) is 18.5 Å². The van der Waals surface area contributed by atoms with Gasteiger partial charge in [0.1, 0.15) is 0 Å². The average Bonchev–Trinajstić information content (AvgIpc) is 2.17. The van der Waals surface area contributed by atoms with E-state index in [2.05, 4.69) is 20.8 Å². The van der Waals surface area contributed by atoms with Crippen molar-refractivity contribution >= 4 is 0 Å². The van der Waals surface area contributed by atoms with Gasteiger partial charge in [-0.25, -0.2) is 0 Å². The van der Waals surface area contributed by atoms with Crippen molar-refractivity contribution in [3.8, 4) is 0 Å². The SMILES string of the molecule is CO[C@@H]1[C@H]2C[C@@H](C[C@]1(C)OC)C2(C)C. The van der Waals surface area contributed by atoms with Crippen molar-refractivity contribution in [3.63, 3.8) is 0 Å². The maximum absolute atomic E-state index is 5.66. The Labute approximate surface area is 87.0 Å². The molecule has 3 aliphatic carbocycles. The van der Waals surface area contributed by atoms with Gasteiger partial charge in [0.25, 0.3) is 0 Å². The zero-order valence-corrected chi connectivity index (χ0v) is 9.96. The molecule has 0 spiro atoms. The summed E-state index contributed by atoms with van der Waals surface area (Å²) in [7, 11) is 3.63. The number of ether oxygens (including phenoxy) is 2. The lowest BCUT2D eigenvalue weighted by Gasteiger charge is -2.64. The van der Waals surface area contributed by atoms with Crippen molar-refractivity contribution in [2.24, 2.45) is 17.3 Å². The first-order valence-corrected chi connectivity index (χ1v) is 5.53. The Kier molecular flexibility index (Phi) is 2.20. The molecule has 0 aromatic rings. The first-order valence-electron chi connectivity index (χ1n) is 5.53. The van der Waals surface area contributed by atoms with E-state index in [1.165, 1.54) is 6.42 Å². The maximum atomic E-state index is 5.66. The number of hydrogen-bond donors (Lipinski definition) is 0. The highest BCUT2D eigenvalue weighted by atomic mass is 16.5. The molecule has 0 saturated heterocycles. The van der Waals surface area contributed by atoms with Crippen LogP contribution in [-0.2, 0) is 9.47 Å². The lowest BCUT2D eigenvalue weighted by molar-refractivity contribution is -0.251. The summed E-state index contributed by atoms with van der Waals surface area (Å²) in [6.45, 7) is 6.93. The molecule has 0 aromatic heterocycles. The normalized spacial score (nSPS) is 49.9. The minimum absolute atomic E-state index is 0.0577. The third-order valence-electron chi connectivity index (χ3n) is 4.89. The fraction of sp³-hybridized carbons (Fsp3) is 1.00. The zero-order chi connectivity index (χ0) is 10.6. The van der Waals surface area contributed by atoms with Gasteiger partial charge in [0.05, 0.1) is 11.7 Å². The quantitative estimate of drug-likeness (QED) is 0.678. The summed E-state index contributed by atoms with van der Waals surface area (Å²) < 4.78 is 11.3. The number of fused-ring (bicyclic) bond motifs is 2. The van der Waals surface area contributed by atoms with Gasteiger partial charge in [0, 0.05) is 14.2 Å². The van der Waals surface area contributed by atoms with Gasteiger partial charge >= 0.3 is 0 Å². The summed E-state index contributed by atoms with van der Waals surface area (Å²) in [5, 5.41) is 0. The molecular weight excluding hydrogens is 176 g/mol. The molecule has 4 atom stereocenters. The second-order valence-corrected chi connectivity index (χ2v) is 5.74. The van der Waals surface area contributed by atoms with Crippen LogP contribution in [0, 0.1) is 17.3 Å². The van der Waals surface area contributed by atoms with Gasteiger partial charge in [-0.3, -0.25) is 0 Å². The van der Waals surface area contributed by atoms with Gasteiger partial charge in [-0.05, 0) is 37.0 Å². The van der Waals surface area contributed by atoms with Crippen LogP contribution in [0.4, 0.5) is 0 Å². The molecule has 3 saturated carbocycles. The van der Waals surface area contributed by atoms with Crippen LogP contribution in [-0.4, -0.2) is 25.9 Å². The van der Waals surface area contributed by atoms with E-state index in [9.17, 15) is 0 Å². The van der Waals surface area contributed by atoms with E-state index < -0.39 is 0 Å². The first-order chi connectivity index (χ1) is 6.45. The molecule has 0 aliphatic heterocycles. The van der Waals surface area contributed by atoms with Crippen LogP contribution in [0.5, 0.6) is 0 Å². The van der Waals surface area contributed by atoms with Crippen LogP contribution in [0.1, 0.15) is 33.6 Å². The molecule has 0 amide bonds. The Hall–Kier alpha value is -0.0800. The van der Waals surface area contributed by atoms with E-state index in [0.29, 0.717) is 11.3 Å². The van der Waals surface area contributed by atoms with Crippen molar-refractivity contribution < 1.29 is 9.47 Å². The molecule has 2 bridgehead atoms. The van der Waals surface area contributed by atoms with E-state index in [1.54, 1.807) is 0 Å². The molecule has 3 rings (SSSR count). The highest BCUT2D eigenvalue weighted by Gasteiger charge is 2.62. The highest BCUT2D eigenvalue weighted by molar-refractivity contribution is 5.12. The first kappa shape index (κ1) is 10.4.